The first-order valence-corrected chi connectivity index (χ1v) is 20.6. The van der Waals surface area contributed by atoms with Gasteiger partial charge >= 0.3 is 0 Å². The van der Waals surface area contributed by atoms with Gasteiger partial charge in [-0.2, -0.15) is 0 Å². The van der Waals surface area contributed by atoms with Crippen molar-refractivity contribution in [2.75, 3.05) is 0 Å². The van der Waals surface area contributed by atoms with E-state index in [1.807, 2.05) is 36.2 Å². The van der Waals surface area contributed by atoms with Crippen molar-refractivity contribution in [3.63, 3.8) is 0 Å². The number of nitrogens with zero attached hydrogens (tertiary/aromatic N) is 4. The van der Waals surface area contributed by atoms with Crippen LogP contribution in [0.2, 0.25) is 0 Å². The third kappa shape index (κ3) is 4.83. The standard InChI is InChI=1S/C53H34N4S/c1-2-16-35(17-3-1)50-55-51(41-26-10-18-33-15-4-5-21-36(33)41)57-52(56-50)42-27-13-31-46-49(42)58-48-40(39-24-11-19-34-20-14-32-54-47(34)39)25-12-30-45(48)53(46)43-28-8-6-22-37(43)38-23-7-9-29-44(38)53/h1-32,34,47H. The van der Waals surface area contributed by atoms with Gasteiger partial charge in [-0.1, -0.05) is 194 Å². The van der Waals surface area contributed by atoms with Crippen LogP contribution in [0.3, 0.4) is 0 Å². The molecule has 0 radical (unpaired) electrons. The van der Waals surface area contributed by atoms with E-state index in [-0.39, 0.29) is 12.0 Å². The summed E-state index contributed by atoms with van der Waals surface area (Å²) in [4.78, 5) is 23.4. The Balaban J connectivity index is 1.16. The molecule has 1 aromatic heterocycles. The molecule has 0 bridgehead atoms. The Kier molecular flexibility index (Phi) is 7.47. The Labute approximate surface area is 341 Å². The molecular formula is C53H34N4S. The molecule has 2 atom stereocenters. The van der Waals surface area contributed by atoms with Crippen molar-refractivity contribution >= 4 is 34.3 Å². The van der Waals surface area contributed by atoms with Crippen LogP contribution in [-0.2, 0) is 5.41 Å². The molecule has 2 unspecified atom stereocenters. The number of aromatic nitrogens is 3. The molecule has 0 saturated carbocycles. The molecule has 12 rings (SSSR count). The maximum Gasteiger partial charge on any atom is 0.165 e. The van der Waals surface area contributed by atoms with E-state index < -0.39 is 5.41 Å². The summed E-state index contributed by atoms with van der Waals surface area (Å²) in [7, 11) is 0. The van der Waals surface area contributed by atoms with Gasteiger partial charge in [0.1, 0.15) is 0 Å². The predicted molar refractivity (Wildman–Crippen MR) is 237 cm³/mol. The van der Waals surface area contributed by atoms with Crippen LogP contribution in [0.4, 0.5) is 0 Å². The Bertz CT molecular complexity index is 3070. The Morgan fingerprint density at radius 3 is 1.79 bits per heavy atom. The second-order valence-electron chi connectivity index (χ2n) is 15.2. The van der Waals surface area contributed by atoms with Crippen LogP contribution in [0.5, 0.6) is 0 Å². The zero-order valence-corrected chi connectivity index (χ0v) is 32.1. The summed E-state index contributed by atoms with van der Waals surface area (Å²) >= 11 is 1.84. The number of aliphatic imine (C=N–C) groups is 1. The smallest absolute Gasteiger partial charge is 0.165 e. The summed E-state index contributed by atoms with van der Waals surface area (Å²) in [6.07, 6.45) is 13.0. The highest BCUT2D eigenvalue weighted by atomic mass is 32.2. The molecule has 2 aliphatic carbocycles. The maximum absolute atomic E-state index is 5.40. The molecule has 58 heavy (non-hydrogen) atoms. The number of hydrogen-bond donors (Lipinski definition) is 0. The largest absolute Gasteiger partial charge is 0.284 e. The fourth-order valence-electron chi connectivity index (χ4n) is 9.72. The summed E-state index contributed by atoms with van der Waals surface area (Å²) in [6, 6.07) is 56.7. The lowest BCUT2D eigenvalue weighted by Gasteiger charge is -2.41. The van der Waals surface area contributed by atoms with E-state index in [9.17, 15) is 0 Å². The van der Waals surface area contributed by atoms with Gasteiger partial charge in [-0.3, -0.25) is 4.99 Å². The SMILES string of the molecule is C1=CC2C=CC=C(c3cccc4c3Sc3c(-c5nc(-c6ccccc6)nc(-c6cccc7ccccc67)n5)cccc3C43c4ccccc4-c4ccccc43)C2N=C1. The topological polar surface area (TPSA) is 51.0 Å². The molecule has 5 heteroatoms. The molecule has 1 spiro atoms. The van der Waals surface area contributed by atoms with Crippen molar-refractivity contribution < 1.29 is 0 Å². The van der Waals surface area contributed by atoms with Gasteiger partial charge in [-0.25, -0.2) is 15.0 Å². The van der Waals surface area contributed by atoms with Crippen LogP contribution in [0, 0.1) is 5.92 Å². The summed E-state index contributed by atoms with van der Waals surface area (Å²) in [6.45, 7) is 0. The Morgan fingerprint density at radius 1 is 0.448 bits per heavy atom. The second-order valence-corrected chi connectivity index (χ2v) is 16.2. The molecule has 0 N–H and O–H groups in total. The van der Waals surface area contributed by atoms with Gasteiger partial charge in [0, 0.05) is 38.6 Å². The lowest BCUT2D eigenvalue weighted by Crippen LogP contribution is -2.33. The summed E-state index contributed by atoms with van der Waals surface area (Å²) in [5.74, 6) is 2.17. The highest BCUT2D eigenvalue weighted by molar-refractivity contribution is 7.99. The monoisotopic (exact) mass is 758 g/mol. The fraction of sp³-hybridized carbons (Fsp3) is 0.0566. The number of fused-ring (bicyclic) bond motifs is 11. The minimum Gasteiger partial charge on any atom is -0.284 e. The first-order valence-electron chi connectivity index (χ1n) is 19.8. The van der Waals surface area contributed by atoms with Gasteiger partial charge in [0.25, 0.3) is 0 Å². The molecule has 0 fully saturated rings. The van der Waals surface area contributed by atoms with Crippen molar-refractivity contribution in [2.45, 2.75) is 21.2 Å². The predicted octanol–water partition coefficient (Wildman–Crippen LogP) is 12.4. The zero-order valence-electron chi connectivity index (χ0n) is 31.3. The average Bonchev–Trinajstić information content (AvgIpc) is 3.59. The number of hydrogen-bond acceptors (Lipinski definition) is 5. The summed E-state index contributed by atoms with van der Waals surface area (Å²) in [5.41, 5.74) is 12.4. The normalized spacial score (nSPS) is 17.6. The third-order valence-corrected chi connectivity index (χ3v) is 13.5. The molecule has 272 valence electrons. The van der Waals surface area contributed by atoms with Crippen molar-refractivity contribution in [1.29, 1.82) is 0 Å². The molecule has 4 nitrogen and oxygen atoms in total. The quantitative estimate of drug-likeness (QED) is 0.179. The summed E-state index contributed by atoms with van der Waals surface area (Å²) in [5, 5.41) is 2.25. The van der Waals surface area contributed by atoms with Gasteiger partial charge in [0.15, 0.2) is 17.5 Å². The third-order valence-electron chi connectivity index (χ3n) is 12.2. The van der Waals surface area contributed by atoms with Crippen molar-refractivity contribution in [2.24, 2.45) is 10.9 Å². The van der Waals surface area contributed by atoms with Gasteiger partial charge in [-0.15, -0.1) is 0 Å². The summed E-state index contributed by atoms with van der Waals surface area (Å²) < 4.78 is 0. The highest BCUT2D eigenvalue weighted by Crippen LogP contribution is 2.64. The van der Waals surface area contributed by atoms with Crippen LogP contribution in [0.1, 0.15) is 27.8 Å². The zero-order chi connectivity index (χ0) is 38.2. The Morgan fingerprint density at radius 2 is 1.00 bits per heavy atom. The first kappa shape index (κ1) is 33.2. The molecule has 2 aliphatic heterocycles. The molecule has 3 heterocycles. The molecule has 0 saturated heterocycles. The molecule has 8 aromatic rings. The highest BCUT2D eigenvalue weighted by Gasteiger charge is 2.51. The van der Waals surface area contributed by atoms with E-state index in [2.05, 4.69) is 170 Å². The number of allylic oxidation sites excluding steroid dienone is 3. The fourth-order valence-corrected chi connectivity index (χ4v) is 11.2. The van der Waals surface area contributed by atoms with Crippen LogP contribution < -0.4 is 0 Å². The molecule has 7 aromatic carbocycles. The molecule has 0 amide bonds. The van der Waals surface area contributed by atoms with E-state index >= 15 is 0 Å². The first-order chi connectivity index (χ1) is 28.8. The lowest BCUT2D eigenvalue weighted by molar-refractivity contribution is 0.692. The van der Waals surface area contributed by atoms with Gasteiger partial charge < -0.3 is 0 Å². The van der Waals surface area contributed by atoms with Crippen LogP contribution in [0.15, 0.2) is 203 Å². The molecule has 4 aliphatic rings. The second kappa shape index (κ2) is 13.1. The number of dihydropyridines is 1. The van der Waals surface area contributed by atoms with E-state index in [1.54, 1.807) is 0 Å². The minimum absolute atomic E-state index is 0.0121. The maximum atomic E-state index is 5.40. The van der Waals surface area contributed by atoms with E-state index in [0.29, 0.717) is 17.5 Å². The van der Waals surface area contributed by atoms with Crippen LogP contribution in [-0.4, -0.2) is 27.2 Å². The van der Waals surface area contributed by atoms with E-state index in [0.717, 1.165) is 32.4 Å². The van der Waals surface area contributed by atoms with Gasteiger partial charge in [0.2, 0.25) is 0 Å². The van der Waals surface area contributed by atoms with Gasteiger partial charge in [0.05, 0.1) is 11.5 Å². The molecular weight excluding hydrogens is 725 g/mol. The van der Waals surface area contributed by atoms with Gasteiger partial charge in [-0.05, 0) is 61.4 Å². The number of rotatable bonds is 4. The van der Waals surface area contributed by atoms with Crippen molar-refractivity contribution in [3.8, 4) is 45.3 Å². The van der Waals surface area contributed by atoms with E-state index in [4.69, 9.17) is 19.9 Å². The van der Waals surface area contributed by atoms with Crippen molar-refractivity contribution in [1.82, 2.24) is 15.0 Å². The minimum atomic E-state index is -0.580. The Hall–Kier alpha value is -6.95. The lowest BCUT2D eigenvalue weighted by atomic mass is 9.66. The average molecular weight is 759 g/mol. The number of benzene rings is 7. The van der Waals surface area contributed by atoms with E-state index in [1.165, 1.54) is 49.4 Å². The van der Waals surface area contributed by atoms with Crippen LogP contribution in [0.25, 0.3) is 61.6 Å². The van der Waals surface area contributed by atoms with Crippen molar-refractivity contribution in [3.05, 3.63) is 216 Å². The van der Waals surface area contributed by atoms with Crippen LogP contribution >= 0.6 is 11.8 Å².